The van der Waals surface area contributed by atoms with Crippen molar-refractivity contribution in [2.75, 3.05) is 18.6 Å². The van der Waals surface area contributed by atoms with Crippen LogP contribution in [0, 0.1) is 0 Å². The second-order valence-electron chi connectivity index (χ2n) is 5.64. The summed E-state index contributed by atoms with van der Waals surface area (Å²) in [5, 5.41) is -0.194. The predicted octanol–water partition coefficient (Wildman–Crippen LogP) is 4.56. The molecule has 0 aromatic heterocycles. The number of ether oxygens (including phenoxy) is 2. The quantitative estimate of drug-likeness (QED) is 0.722. The van der Waals surface area contributed by atoms with Crippen molar-refractivity contribution in [3.8, 4) is 11.5 Å². The number of thioether (sulfide) groups is 1. The fraction of sp³-hybridized carbons (Fsp3) is 0.263. The number of benzene rings is 2. The van der Waals surface area contributed by atoms with Gasteiger partial charge in [-0.1, -0.05) is 29.4 Å². The van der Waals surface area contributed by atoms with Crippen molar-refractivity contribution >= 4 is 40.2 Å². The first-order valence-electron chi connectivity index (χ1n) is 8.13. The van der Waals surface area contributed by atoms with Crippen LogP contribution in [0.3, 0.4) is 0 Å². The van der Waals surface area contributed by atoms with E-state index in [4.69, 9.17) is 21.1 Å². The molecule has 1 aliphatic heterocycles. The fourth-order valence-corrected chi connectivity index (χ4v) is 3.89. The minimum atomic E-state index is -0.471. The van der Waals surface area contributed by atoms with E-state index < -0.39 is 5.25 Å². The summed E-state index contributed by atoms with van der Waals surface area (Å²) < 4.78 is 10.9. The molecule has 0 aliphatic carbocycles. The summed E-state index contributed by atoms with van der Waals surface area (Å²) in [4.78, 5) is 26.3. The third-order valence-corrected chi connectivity index (χ3v) is 5.24. The van der Waals surface area contributed by atoms with Gasteiger partial charge in [0, 0.05) is 5.02 Å². The first kappa shape index (κ1) is 18.6. The summed E-state index contributed by atoms with van der Waals surface area (Å²) in [6, 6.07) is 12.2. The van der Waals surface area contributed by atoms with Gasteiger partial charge in [0.1, 0.15) is 0 Å². The van der Waals surface area contributed by atoms with Crippen molar-refractivity contribution in [1.82, 2.24) is 0 Å². The number of halogens is 1. The predicted molar refractivity (Wildman–Crippen MR) is 104 cm³/mol. The molecule has 1 aliphatic rings. The molecular weight excluding hydrogens is 374 g/mol. The molecule has 2 amide bonds. The molecule has 0 spiro atoms. The summed E-state index contributed by atoms with van der Waals surface area (Å²) in [6.45, 7) is 2.41. The van der Waals surface area contributed by atoms with Gasteiger partial charge in [-0.2, -0.15) is 0 Å². The Morgan fingerprint density at radius 2 is 1.85 bits per heavy atom. The second-order valence-corrected chi connectivity index (χ2v) is 7.24. The Balaban J connectivity index is 1.79. The van der Waals surface area contributed by atoms with Crippen molar-refractivity contribution in [2.45, 2.75) is 18.6 Å². The molecule has 0 radical (unpaired) electrons. The van der Waals surface area contributed by atoms with Gasteiger partial charge in [0.25, 0.3) is 5.24 Å². The monoisotopic (exact) mass is 391 g/mol. The highest BCUT2D eigenvalue weighted by atomic mass is 35.5. The van der Waals surface area contributed by atoms with Crippen LogP contribution in [0.4, 0.5) is 10.5 Å². The van der Waals surface area contributed by atoms with Crippen LogP contribution in [0.15, 0.2) is 42.5 Å². The topological polar surface area (TPSA) is 55.8 Å². The van der Waals surface area contributed by atoms with E-state index in [1.165, 1.54) is 4.90 Å². The van der Waals surface area contributed by atoms with Gasteiger partial charge in [-0.3, -0.25) is 9.59 Å². The van der Waals surface area contributed by atoms with Gasteiger partial charge in [0.2, 0.25) is 5.91 Å². The largest absolute Gasteiger partial charge is 0.493 e. The van der Waals surface area contributed by atoms with Crippen LogP contribution in [0.2, 0.25) is 5.02 Å². The first-order valence-corrected chi connectivity index (χ1v) is 9.39. The number of nitrogens with zero attached hydrogens (tertiary/aromatic N) is 1. The van der Waals surface area contributed by atoms with Gasteiger partial charge in [0.05, 0.1) is 24.7 Å². The lowest BCUT2D eigenvalue weighted by atomic mass is 10.1. The van der Waals surface area contributed by atoms with E-state index in [0.29, 0.717) is 35.2 Å². The fourth-order valence-electron chi connectivity index (χ4n) is 2.74. The number of carbonyl (C=O) groups is 2. The molecule has 136 valence electrons. The summed E-state index contributed by atoms with van der Waals surface area (Å²) in [7, 11) is 1.58. The van der Waals surface area contributed by atoms with Crippen LogP contribution in [-0.2, 0) is 11.2 Å². The molecule has 26 heavy (non-hydrogen) atoms. The van der Waals surface area contributed by atoms with E-state index in [0.717, 1.165) is 17.3 Å². The number of carbonyl (C=O) groups excluding carboxylic acids is 2. The lowest BCUT2D eigenvalue weighted by Crippen LogP contribution is -2.32. The van der Waals surface area contributed by atoms with Crippen LogP contribution in [0.25, 0.3) is 0 Å². The Hall–Kier alpha value is -2.18. The third-order valence-electron chi connectivity index (χ3n) is 3.96. The van der Waals surface area contributed by atoms with Crippen LogP contribution >= 0.6 is 23.4 Å². The number of imide groups is 1. The van der Waals surface area contributed by atoms with Crippen molar-refractivity contribution < 1.29 is 19.1 Å². The number of hydrogen-bond acceptors (Lipinski definition) is 5. The normalized spacial score (nSPS) is 16.9. The molecule has 1 heterocycles. The maximum absolute atomic E-state index is 12.7. The maximum Gasteiger partial charge on any atom is 0.293 e. The van der Waals surface area contributed by atoms with Gasteiger partial charge in [-0.15, -0.1) is 0 Å². The highest BCUT2D eigenvalue weighted by Gasteiger charge is 2.40. The molecular formula is C19H18ClNO4S. The number of anilines is 1. The molecule has 1 saturated heterocycles. The average molecular weight is 392 g/mol. The standard InChI is InChI=1S/C19H18ClNO4S/c1-3-25-16-10-12(4-9-15(16)24-2)11-17-18(22)21(19(23)26-17)14-7-5-13(20)6-8-14/h4-10,17H,3,11H2,1-2H3/t17-/m0/s1. The zero-order valence-corrected chi connectivity index (χ0v) is 16.0. The minimum Gasteiger partial charge on any atom is -0.493 e. The van der Waals surface area contributed by atoms with E-state index in [2.05, 4.69) is 0 Å². The van der Waals surface area contributed by atoms with E-state index in [1.54, 1.807) is 31.4 Å². The summed E-state index contributed by atoms with van der Waals surface area (Å²) in [5.74, 6) is 1.04. The average Bonchev–Trinajstić information content (AvgIpc) is 2.90. The lowest BCUT2D eigenvalue weighted by Gasteiger charge is -2.15. The molecule has 0 saturated carbocycles. The Kier molecular flexibility index (Phi) is 5.74. The van der Waals surface area contributed by atoms with Crippen LogP contribution in [0.5, 0.6) is 11.5 Å². The van der Waals surface area contributed by atoms with Crippen molar-refractivity contribution in [2.24, 2.45) is 0 Å². The van der Waals surface area contributed by atoms with E-state index in [9.17, 15) is 9.59 Å². The molecule has 2 aromatic carbocycles. The molecule has 1 atom stereocenters. The van der Waals surface area contributed by atoms with Crippen molar-refractivity contribution in [3.05, 3.63) is 53.1 Å². The summed E-state index contributed by atoms with van der Waals surface area (Å²) in [6.07, 6.45) is 0.434. The molecule has 7 heteroatoms. The van der Waals surface area contributed by atoms with Gasteiger partial charge in [0.15, 0.2) is 11.5 Å². The smallest absolute Gasteiger partial charge is 0.293 e. The Morgan fingerprint density at radius 1 is 1.12 bits per heavy atom. The first-order chi connectivity index (χ1) is 12.5. The van der Waals surface area contributed by atoms with Gasteiger partial charge < -0.3 is 9.47 Å². The van der Waals surface area contributed by atoms with Crippen molar-refractivity contribution in [1.29, 1.82) is 0 Å². The van der Waals surface area contributed by atoms with Crippen LogP contribution < -0.4 is 14.4 Å². The lowest BCUT2D eigenvalue weighted by molar-refractivity contribution is -0.117. The second kappa shape index (κ2) is 8.01. The van der Waals surface area contributed by atoms with Gasteiger partial charge >= 0.3 is 0 Å². The van der Waals surface area contributed by atoms with Crippen LogP contribution in [0.1, 0.15) is 12.5 Å². The van der Waals surface area contributed by atoms with Crippen LogP contribution in [-0.4, -0.2) is 30.1 Å². The maximum atomic E-state index is 12.7. The Bertz CT molecular complexity index is 825. The number of amides is 2. The zero-order valence-electron chi connectivity index (χ0n) is 14.4. The summed E-state index contributed by atoms with van der Waals surface area (Å²) in [5.41, 5.74) is 1.44. The van der Waals surface area contributed by atoms with E-state index in [-0.39, 0.29) is 11.1 Å². The van der Waals surface area contributed by atoms with E-state index >= 15 is 0 Å². The zero-order chi connectivity index (χ0) is 18.7. The molecule has 3 rings (SSSR count). The number of methoxy groups -OCH3 is 1. The highest BCUT2D eigenvalue weighted by molar-refractivity contribution is 8.15. The number of hydrogen-bond donors (Lipinski definition) is 0. The minimum absolute atomic E-state index is 0.226. The molecule has 0 bridgehead atoms. The Labute approximate surface area is 161 Å². The number of rotatable bonds is 6. The van der Waals surface area contributed by atoms with Gasteiger partial charge in [-0.25, -0.2) is 4.90 Å². The molecule has 0 unspecified atom stereocenters. The van der Waals surface area contributed by atoms with E-state index in [1.807, 2.05) is 25.1 Å². The Morgan fingerprint density at radius 3 is 2.50 bits per heavy atom. The van der Waals surface area contributed by atoms with Crippen molar-refractivity contribution in [3.63, 3.8) is 0 Å². The molecule has 0 N–H and O–H groups in total. The molecule has 5 nitrogen and oxygen atoms in total. The van der Waals surface area contributed by atoms with Gasteiger partial charge in [-0.05, 0) is 55.3 Å². The molecule has 2 aromatic rings. The highest BCUT2D eigenvalue weighted by Crippen LogP contribution is 2.35. The molecule has 1 fully saturated rings. The third kappa shape index (κ3) is 3.81. The SMILES string of the molecule is CCOc1cc(C[C@@H]2SC(=O)N(c3ccc(Cl)cc3)C2=O)ccc1OC. The summed E-state index contributed by atoms with van der Waals surface area (Å²) >= 11 is 6.91.